The molecule has 0 aliphatic carbocycles. The fraction of sp³-hybridized carbons (Fsp3) is 0.222. The van der Waals surface area contributed by atoms with E-state index in [0.717, 1.165) is 5.69 Å². The molecule has 0 unspecified atom stereocenters. The number of methoxy groups -OCH3 is 1. The summed E-state index contributed by atoms with van der Waals surface area (Å²) in [6.45, 7) is 1.82. The second-order valence-corrected chi connectivity index (χ2v) is 2.90. The van der Waals surface area contributed by atoms with Gasteiger partial charge in [0.2, 0.25) is 0 Å². The van der Waals surface area contributed by atoms with Crippen molar-refractivity contribution < 1.29 is 9.53 Å². The summed E-state index contributed by atoms with van der Waals surface area (Å²) in [5.74, 6) is -0.390. The van der Waals surface area contributed by atoms with Gasteiger partial charge in [-0.25, -0.2) is 14.8 Å². The van der Waals surface area contributed by atoms with Crippen molar-refractivity contribution in [2.75, 3.05) is 7.11 Å². The van der Waals surface area contributed by atoms with Crippen molar-refractivity contribution in [2.24, 2.45) is 0 Å². The number of esters is 1. The molecule has 0 saturated carbocycles. The first-order valence-electron chi connectivity index (χ1n) is 4.10. The molecular weight excluding hydrogens is 182 g/mol. The molecule has 0 aliphatic heterocycles. The van der Waals surface area contributed by atoms with Crippen molar-refractivity contribution in [2.45, 2.75) is 6.92 Å². The minimum atomic E-state index is -0.390. The summed E-state index contributed by atoms with van der Waals surface area (Å²) >= 11 is 0. The van der Waals surface area contributed by atoms with Crippen molar-refractivity contribution >= 4 is 11.6 Å². The lowest BCUT2D eigenvalue weighted by atomic mass is 10.3. The number of carbonyl (C=O) groups excluding carboxylic acids is 1. The van der Waals surface area contributed by atoms with Gasteiger partial charge in [-0.1, -0.05) is 0 Å². The fourth-order valence-corrected chi connectivity index (χ4v) is 1.30. The van der Waals surface area contributed by atoms with Gasteiger partial charge in [-0.2, -0.15) is 0 Å². The SMILES string of the molecule is COC(=O)c1cc(C)nc2cncn12. The number of carbonyl (C=O) groups is 1. The van der Waals surface area contributed by atoms with Crippen LogP contribution < -0.4 is 0 Å². The highest BCUT2D eigenvalue weighted by Gasteiger charge is 2.11. The van der Waals surface area contributed by atoms with E-state index < -0.39 is 5.97 Å². The zero-order valence-corrected chi connectivity index (χ0v) is 7.89. The molecule has 0 bridgehead atoms. The number of rotatable bonds is 1. The number of hydrogen-bond acceptors (Lipinski definition) is 4. The number of ether oxygens (including phenoxy) is 1. The van der Waals surface area contributed by atoms with Crippen LogP contribution in [0.25, 0.3) is 5.65 Å². The van der Waals surface area contributed by atoms with E-state index in [-0.39, 0.29) is 0 Å². The third-order valence-corrected chi connectivity index (χ3v) is 1.91. The Labute approximate surface area is 80.4 Å². The largest absolute Gasteiger partial charge is 0.464 e. The Morgan fingerprint density at radius 1 is 1.57 bits per heavy atom. The lowest BCUT2D eigenvalue weighted by Crippen LogP contribution is -2.08. The number of imidazole rings is 1. The number of fused-ring (bicyclic) bond motifs is 1. The molecule has 2 rings (SSSR count). The molecular formula is C9H9N3O2. The summed E-state index contributed by atoms with van der Waals surface area (Å²) < 4.78 is 6.25. The van der Waals surface area contributed by atoms with E-state index in [1.54, 1.807) is 16.7 Å². The van der Waals surface area contributed by atoms with E-state index in [1.165, 1.54) is 13.4 Å². The summed E-state index contributed by atoms with van der Waals surface area (Å²) in [6, 6.07) is 1.67. The predicted octanol–water partition coefficient (Wildman–Crippen LogP) is 0.824. The van der Waals surface area contributed by atoms with E-state index in [1.807, 2.05) is 6.92 Å². The molecule has 0 amide bonds. The van der Waals surface area contributed by atoms with Crippen molar-refractivity contribution in [3.63, 3.8) is 0 Å². The summed E-state index contributed by atoms with van der Waals surface area (Å²) in [5, 5.41) is 0. The van der Waals surface area contributed by atoms with Gasteiger partial charge in [-0.15, -0.1) is 0 Å². The molecule has 5 nitrogen and oxygen atoms in total. The lowest BCUT2D eigenvalue weighted by Gasteiger charge is -2.03. The van der Waals surface area contributed by atoms with Crippen molar-refractivity contribution in [1.82, 2.24) is 14.4 Å². The van der Waals surface area contributed by atoms with Gasteiger partial charge in [-0.3, -0.25) is 4.40 Å². The predicted molar refractivity (Wildman–Crippen MR) is 49.1 cm³/mol. The van der Waals surface area contributed by atoms with Crippen LogP contribution in [-0.4, -0.2) is 27.4 Å². The van der Waals surface area contributed by atoms with Crippen LogP contribution in [0, 0.1) is 6.92 Å². The Balaban J connectivity index is 2.72. The van der Waals surface area contributed by atoms with E-state index in [0.29, 0.717) is 11.3 Å². The molecule has 0 radical (unpaired) electrons. The van der Waals surface area contributed by atoms with Crippen LogP contribution in [0.1, 0.15) is 16.2 Å². The van der Waals surface area contributed by atoms with E-state index >= 15 is 0 Å². The topological polar surface area (TPSA) is 56.5 Å². The van der Waals surface area contributed by atoms with E-state index in [2.05, 4.69) is 14.7 Å². The Morgan fingerprint density at radius 3 is 3.07 bits per heavy atom. The van der Waals surface area contributed by atoms with Crippen LogP contribution in [0.4, 0.5) is 0 Å². The summed E-state index contributed by atoms with van der Waals surface area (Å²) in [6.07, 6.45) is 3.13. The highest BCUT2D eigenvalue weighted by molar-refractivity contribution is 5.88. The molecule has 0 aromatic carbocycles. The van der Waals surface area contributed by atoms with Gasteiger partial charge >= 0.3 is 5.97 Å². The monoisotopic (exact) mass is 191 g/mol. The second-order valence-electron chi connectivity index (χ2n) is 2.90. The van der Waals surface area contributed by atoms with Gasteiger partial charge in [0.15, 0.2) is 5.65 Å². The summed E-state index contributed by atoms with van der Waals surface area (Å²) in [4.78, 5) is 19.5. The average Bonchev–Trinajstić information content (AvgIpc) is 2.62. The first-order chi connectivity index (χ1) is 6.72. The Bertz CT molecular complexity index is 490. The Kier molecular flexibility index (Phi) is 1.92. The van der Waals surface area contributed by atoms with Gasteiger partial charge < -0.3 is 4.74 Å². The van der Waals surface area contributed by atoms with E-state index in [4.69, 9.17) is 0 Å². The van der Waals surface area contributed by atoms with Crippen LogP contribution in [0.15, 0.2) is 18.6 Å². The zero-order chi connectivity index (χ0) is 10.1. The molecule has 14 heavy (non-hydrogen) atoms. The molecule has 0 aliphatic rings. The van der Waals surface area contributed by atoms with Crippen molar-refractivity contribution in [1.29, 1.82) is 0 Å². The smallest absolute Gasteiger partial charge is 0.355 e. The quantitative estimate of drug-likeness (QED) is 0.626. The minimum Gasteiger partial charge on any atom is -0.464 e. The molecule has 2 heterocycles. The molecule has 0 atom stereocenters. The Hall–Kier alpha value is -1.91. The van der Waals surface area contributed by atoms with Crippen LogP contribution in [0.2, 0.25) is 0 Å². The molecule has 0 N–H and O–H groups in total. The second kappa shape index (κ2) is 3.10. The van der Waals surface area contributed by atoms with Crippen LogP contribution in [-0.2, 0) is 4.74 Å². The van der Waals surface area contributed by atoms with Crippen molar-refractivity contribution in [3.8, 4) is 0 Å². The number of nitrogens with zero attached hydrogens (tertiary/aromatic N) is 3. The van der Waals surface area contributed by atoms with Gasteiger partial charge in [0.1, 0.15) is 12.0 Å². The normalized spacial score (nSPS) is 10.4. The van der Waals surface area contributed by atoms with Crippen molar-refractivity contribution in [3.05, 3.63) is 30.0 Å². The number of aromatic nitrogens is 3. The highest BCUT2D eigenvalue weighted by Crippen LogP contribution is 2.07. The summed E-state index contributed by atoms with van der Waals surface area (Å²) in [5.41, 5.74) is 1.84. The fourth-order valence-electron chi connectivity index (χ4n) is 1.30. The van der Waals surface area contributed by atoms with Gasteiger partial charge in [-0.05, 0) is 13.0 Å². The molecule has 2 aromatic rings. The maximum absolute atomic E-state index is 11.4. The number of aryl methyl sites for hydroxylation is 1. The third kappa shape index (κ3) is 1.22. The third-order valence-electron chi connectivity index (χ3n) is 1.91. The minimum absolute atomic E-state index is 0.390. The molecule has 5 heteroatoms. The maximum atomic E-state index is 11.4. The average molecular weight is 191 g/mol. The first-order valence-corrected chi connectivity index (χ1v) is 4.10. The van der Waals surface area contributed by atoms with Crippen LogP contribution in [0.5, 0.6) is 0 Å². The van der Waals surface area contributed by atoms with E-state index in [9.17, 15) is 4.79 Å². The first kappa shape index (κ1) is 8.68. The van der Waals surface area contributed by atoms with Gasteiger partial charge in [0, 0.05) is 5.69 Å². The molecule has 0 spiro atoms. The van der Waals surface area contributed by atoms with Gasteiger partial charge in [0.25, 0.3) is 0 Å². The molecule has 0 saturated heterocycles. The summed E-state index contributed by atoms with van der Waals surface area (Å²) in [7, 11) is 1.35. The zero-order valence-electron chi connectivity index (χ0n) is 7.89. The maximum Gasteiger partial charge on any atom is 0.355 e. The molecule has 2 aromatic heterocycles. The highest BCUT2D eigenvalue weighted by atomic mass is 16.5. The molecule has 72 valence electrons. The van der Waals surface area contributed by atoms with Crippen LogP contribution in [0.3, 0.4) is 0 Å². The molecule has 0 fully saturated rings. The Morgan fingerprint density at radius 2 is 2.36 bits per heavy atom. The standard InChI is InChI=1S/C9H9N3O2/c1-6-3-7(9(13)14-2)12-5-10-4-8(12)11-6/h3-5H,1-2H3. The van der Waals surface area contributed by atoms with Gasteiger partial charge in [0.05, 0.1) is 13.3 Å². The number of hydrogen-bond donors (Lipinski definition) is 0. The van der Waals surface area contributed by atoms with Crippen LogP contribution >= 0.6 is 0 Å². The lowest BCUT2D eigenvalue weighted by molar-refractivity contribution is 0.0592.